The van der Waals surface area contributed by atoms with Crippen LogP contribution >= 0.6 is 0 Å². The van der Waals surface area contributed by atoms with Crippen LogP contribution in [0, 0.1) is 0 Å². The lowest BCUT2D eigenvalue weighted by atomic mass is 9.90. The van der Waals surface area contributed by atoms with E-state index >= 15 is 0 Å². The van der Waals surface area contributed by atoms with Gasteiger partial charge in [-0.15, -0.1) is 0 Å². The minimum absolute atomic E-state index is 0.264. The highest BCUT2D eigenvalue weighted by molar-refractivity contribution is 6.23. The van der Waals surface area contributed by atoms with Crippen LogP contribution < -0.4 is 0 Å². The van der Waals surface area contributed by atoms with Gasteiger partial charge in [0.2, 0.25) is 23.1 Å². The highest BCUT2D eigenvalue weighted by atomic mass is 16.5. The maximum absolute atomic E-state index is 12.7. The molecule has 344 valence electrons. The molecule has 4 nitrogen and oxygen atoms in total. The summed E-state index contributed by atoms with van der Waals surface area (Å²) in [4.78, 5) is 24.9. The van der Waals surface area contributed by atoms with Crippen LogP contribution in [0.15, 0.2) is 139 Å². The topological polar surface area (TPSA) is 63.6 Å². The zero-order valence-electron chi connectivity index (χ0n) is 41.9. The highest BCUT2D eigenvalue weighted by Crippen LogP contribution is 2.27. The van der Waals surface area contributed by atoms with Crippen LogP contribution in [0.3, 0.4) is 0 Å². The van der Waals surface area contributed by atoms with Crippen molar-refractivity contribution >= 4 is 11.6 Å². The Kier molecular flexibility index (Phi) is 29.3. The molecule has 0 radical (unpaired) electrons. The molecule has 0 bridgehead atoms. The molecule has 62 heavy (non-hydrogen) atoms. The van der Waals surface area contributed by atoms with E-state index in [2.05, 4.69) is 131 Å². The Labute approximate surface area is 380 Å². The number of hydrogen-bond acceptors (Lipinski definition) is 4. The molecular formula is C58H88O4. The molecule has 0 aliphatic heterocycles. The Morgan fingerprint density at radius 1 is 0.403 bits per heavy atom. The van der Waals surface area contributed by atoms with Gasteiger partial charge in [-0.2, -0.15) is 0 Å². The smallest absolute Gasteiger partial charge is 0.228 e. The first-order chi connectivity index (χ1) is 29.4. The van der Waals surface area contributed by atoms with Gasteiger partial charge in [0.15, 0.2) is 0 Å². The lowest BCUT2D eigenvalue weighted by Crippen LogP contribution is -2.23. The molecular weight excluding hydrogens is 761 g/mol. The third-order valence-electron chi connectivity index (χ3n) is 11.9. The molecule has 0 spiro atoms. The Balaban J connectivity index is 2.29. The summed E-state index contributed by atoms with van der Waals surface area (Å²) in [5.74, 6) is -1.82. The van der Waals surface area contributed by atoms with Gasteiger partial charge in [-0.3, -0.25) is 9.59 Å². The number of carbonyl (C=O) groups excluding carboxylic acids is 2. The summed E-state index contributed by atoms with van der Waals surface area (Å²) in [6, 6.07) is 0. The van der Waals surface area contributed by atoms with Crippen LogP contribution in [-0.4, -0.2) is 23.8 Å². The van der Waals surface area contributed by atoms with Crippen LogP contribution in [0.25, 0.3) is 0 Å². The van der Waals surface area contributed by atoms with E-state index in [1.54, 1.807) is 6.92 Å². The van der Waals surface area contributed by atoms with Gasteiger partial charge >= 0.3 is 0 Å². The standard InChI is InChI=1S/C58H88O4/c1-43(2)23-14-24-44(3)25-15-26-45(4)27-16-28-46(5)29-17-30-47(6)31-18-32-48(7)33-19-34-49(8)35-20-36-50(9)37-21-38-51(10)39-22-40-52(11)41-42-54-53(12)55(59)57(61)58(62-13)56(54)60/h23,25,27,29,31,33,35,37,39,41,61H,14-22,24,26,28,30,32,34,36,38,40,42H2,1-13H3. The van der Waals surface area contributed by atoms with E-state index in [1.165, 1.54) is 75.7 Å². The van der Waals surface area contributed by atoms with Crippen LogP contribution in [0.4, 0.5) is 0 Å². The van der Waals surface area contributed by atoms with E-state index in [1.807, 2.05) is 6.08 Å². The molecule has 0 heterocycles. The zero-order chi connectivity index (χ0) is 46.5. The van der Waals surface area contributed by atoms with E-state index in [0.717, 1.165) is 103 Å². The van der Waals surface area contributed by atoms with Gasteiger partial charge in [-0.1, -0.05) is 116 Å². The van der Waals surface area contributed by atoms with Crippen molar-refractivity contribution in [2.45, 2.75) is 205 Å². The number of ether oxygens (including phenoxy) is 1. The number of ketones is 2. The van der Waals surface area contributed by atoms with Crippen LogP contribution in [-0.2, 0) is 14.3 Å². The molecule has 1 aliphatic carbocycles. The largest absolute Gasteiger partial charge is 0.501 e. The van der Waals surface area contributed by atoms with Crippen molar-refractivity contribution in [1.82, 2.24) is 0 Å². The normalized spacial score (nSPS) is 16.0. The molecule has 1 rings (SSSR count). The van der Waals surface area contributed by atoms with Crippen LogP contribution in [0.2, 0.25) is 0 Å². The van der Waals surface area contributed by atoms with Crippen molar-refractivity contribution in [2.24, 2.45) is 0 Å². The van der Waals surface area contributed by atoms with Gasteiger partial charge in [0.05, 0.1) is 7.11 Å². The summed E-state index contributed by atoms with van der Waals surface area (Å²) in [7, 11) is 1.29. The first-order valence-corrected chi connectivity index (χ1v) is 23.7. The Morgan fingerprint density at radius 3 is 0.887 bits per heavy atom. The number of methoxy groups -OCH3 is 1. The third-order valence-corrected chi connectivity index (χ3v) is 11.9. The predicted molar refractivity (Wildman–Crippen MR) is 270 cm³/mol. The van der Waals surface area contributed by atoms with Crippen molar-refractivity contribution in [1.29, 1.82) is 0 Å². The number of carbonyl (C=O) groups is 2. The molecule has 4 heteroatoms. The van der Waals surface area contributed by atoms with Crippen molar-refractivity contribution in [3.05, 3.63) is 139 Å². The molecule has 1 N–H and O–H groups in total. The summed E-state index contributed by atoms with van der Waals surface area (Å²) >= 11 is 0. The molecule has 0 aromatic heterocycles. The van der Waals surface area contributed by atoms with Crippen LogP contribution in [0.5, 0.6) is 0 Å². The third kappa shape index (κ3) is 25.7. The number of rotatable bonds is 30. The summed E-state index contributed by atoms with van der Waals surface area (Å²) < 4.78 is 4.99. The molecule has 0 aromatic rings. The van der Waals surface area contributed by atoms with Crippen molar-refractivity contribution in [3.63, 3.8) is 0 Å². The van der Waals surface area contributed by atoms with Crippen molar-refractivity contribution in [3.8, 4) is 0 Å². The summed E-state index contributed by atoms with van der Waals surface area (Å²) in [5.41, 5.74) is 15.2. The molecule has 0 atom stereocenters. The van der Waals surface area contributed by atoms with Crippen molar-refractivity contribution < 1.29 is 19.4 Å². The van der Waals surface area contributed by atoms with Gasteiger partial charge in [0.25, 0.3) is 0 Å². The second kappa shape index (κ2) is 32.5. The molecule has 1 aliphatic rings. The lowest BCUT2D eigenvalue weighted by molar-refractivity contribution is -0.120. The zero-order valence-corrected chi connectivity index (χ0v) is 41.9. The SMILES string of the molecule is COC1=C(O)C(=O)C(C)=C(CC=C(C)CCC=C(C)CCC=C(C)CCC=C(C)CCC=C(C)CCC=C(C)CCC=C(C)CCC=C(C)CCC=C(C)CCC=C(C)C)C1=O. The van der Waals surface area contributed by atoms with Gasteiger partial charge in [0, 0.05) is 11.1 Å². The molecule has 0 amide bonds. The van der Waals surface area contributed by atoms with Crippen LogP contribution in [0.1, 0.15) is 205 Å². The lowest BCUT2D eigenvalue weighted by Gasteiger charge is -2.17. The molecule has 0 unspecified atom stereocenters. The molecule has 0 saturated heterocycles. The van der Waals surface area contributed by atoms with E-state index in [0.29, 0.717) is 12.0 Å². The highest BCUT2D eigenvalue weighted by Gasteiger charge is 2.33. The van der Waals surface area contributed by atoms with Gasteiger partial charge < -0.3 is 9.84 Å². The Bertz CT molecular complexity index is 1830. The fourth-order valence-electron chi connectivity index (χ4n) is 7.42. The summed E-state index contributed by atoms with van der Waals surface area (Å²) in [6.45, 7) is 26.2. The second-order valence-electron chi connectivity index (χ2n) is 18.4. The fraction of sp³-hybridized carbons (Fsp3) is 0.552. The Hall–Kier alpha value is -4.18. The second-order valence-corrected chi connectivity index (χ2v) is 18.4. The van der Waals surface area contributed by atoms with Crippen molar-refractivity contribution in [2.75, 3.05) is 7.11 Å². The fourth-order valence-corrected chi connectivity index (χ4v) is 7.42. The quantitative estimate of drug-likeness (QED) is 0.0578. The summed E-state index contributed by atoms with van der Waals surface area (Å²) in [5, 5.41) is 9.94. The first-order valence-electron chi connectivity index (χ1n) is 23.7. The van der Waals surface area contributed by atoms with Gasteiger partial charge in [0.1, 0.15) is 0 Å². The first kappa shape index (κ1) is 55.8. The maximum Gasteiger partial charge on any atom is 0.228 e. The number of aliphatic hydroxyl groups excluding tert-OH is 1. The average molecular weight is 849 g/mol. The van der Waals surface area contributed by atoms with E-state index in [-0.39, 0.29) is 11.3 Å². The van der Waals surface area contributed by atoms with E-state index in [4.69, 9.17) is 4.74 Å². The minimum Gasteiger partial charge on any atom is -0.501 e. The summed E-state index contributed by atoms with van der Waals surface area (Å²) in [6.07, 6.45) is 44.0. The molecule has 0 saturated carbocycles. The van der Waals surface area contributed by atoms with E-state index < -0.39 is 17.3 Å². The number of aliphatic hydroxyl groups is 1. The minimum atomic E-state index is -0.600. The van der Waals surface area contributed by atoms with Gasteiger partial charge in [-0.25, -0.2) is 0 Å². The predicted octanol–water partition coefficient (Wildman–Crippen LogP) is 17.8. The average Bonchev–Trinajstić information content (AvgIpc) is 3.20. The number of allylic oxidation sites excluding steroid dienone is 22. The molecule has 0 fully saturated rings. The molecule has 0 aromatic carbocycles. The number of hydrogen-bond donors (Lipinski definition) is 1. The van der Waals surface area contributed by atoms with E-state index in [9.17, 15) is 14.7 Å². The van der Waals surface area contributed by atoms with Gasteiger partial charge in [-0.05, 0) is 205 Å². The number of Topliss-reactive ketones (excluding diaryl/α,β-unsaturated/α-hetero) is 2. The Morgan fingerprint density at radius 2 is 0.645 bits per heavy atom. The monoisotopic (exact) mass is 849 g/mol. The maximum atomic E-state index is 12.7.